The van der Waals surface area contributed by atoms with E-state index in [1.807, 2.05) is 6.92 Å². The second kappa shape index (κ2) is 5.91. The molecule has 6 heteroatoms. The standard InChI is InChI=1S/C14H23N3O3/c1-3-10-13(19)16-11(18)7-17(10)14(20)9-6-4-5-8(2)12(9)15/h8-10,12H,3-7,15H2,1-2H3,(H,16,18,19). The average Bonchev–Trinajstić information content (AvgIpc) is 2.40. The van der Waals surface area contributed by atoms with Crippen LogP contribution in [0, 0.1) is 11.8 Å². The van der Waals surface area contributed by atoms with Crippen molar-refractivity contribution in [1.82, 2.24) is 10.2 Å². The van der Waals surface area contributed by atoms with Crippen molar-refractivity contribution in [2.45, 2.75) is 51.6 Å². The van der Waals surface area contributed by atoms with Gasteiger partial charge in [0.25, 0.3) is 0 Å². The number of nitrogens with two attached hydrogens (primary N) is 1. The van der Waals surface area contributed by atoms with Crippen LogP contribution in [0.2, 0.25) is 0 Å². The summed E-state index contributed by atoms with van der Waals surface area (Å²) in [5.41, 5.74) is 6.15. The second-order valence-corrected chi connectivity index (χ2v) is 5.89. The molecule has 0 spiro atoms. The van der Waals surface area contributed by atoms with Gasteiger partial charge in [-0.1, -0.05) is 20.3 Å². The van der Waals surface area contributed by atoms with Crippen molar-refractivity contribution in [1.29, 1.82) is 0 Å². The third-order valence-corrected chi connectivity index (χ3v) is 4.54. The summed E-state index contributed by atoms with van der Waals surface area (Å²) in [6.07, 6.45) is 3.24. The predicted octanol–water partition coefficient (Wildman–Crippen LogP) is 0.0135. The maximum absolute atomic E-state index is 12.7. The fraction of sp³-hybridized carbons (Fsp3) is 0.786. The summed E-state index contributed by atoms with van der Waals surface area (Å²) in [5, 5.41) is 2.29. The molecular formula is C14H23N3O3. The number of rotatable bonds is 2. The van der Waals surface area contributed by atoms with E-state index in [2.05, 4.69) is 12.2 Å². The molecule has 2 aliphatic rings. The van der Waals surface area contributed by atoms with E-state index in [0.29, 0.717) is 12.3 Å². The molecule has 3 N–H and O–H groups in total. The summed E-state index contributed by atoms with van der Waals surface area (Å²) in [7, 11) is 0. The summed E-state index contributed by atoms with van der Waals surface area (Å²) in [6, 6.07) is -0.738. The molecule has 20 heavy (non-hydrogen) atoms. The monoisotopic (exact) mass is 281 g/mol. The van der Waals surface area contributed by atoms with Gasteiger partial charge in [-0.2, -0.15) is 0 Å². The third kappa shape index (κ3) is 2.70. The Morgan fingerprint density at radius 1 is 1.40 bits per heavy atom. The smallest absolute Gasteiger partial charge is 0.249 e. The van der Waals surface area contributed by atoms with Crippen molar-refractivity contribution >= 4 is 17.7 Å². The number of imide groups is 1. The van der Waals surface area contributed by atoms with Crippen LogP contribution in [0.4, 0.5) is 0 Å². The van der Waals surface area contributed by atoms with Gasteiger partial charge in [0.1, 0.15) is 12.6 Å². The predicted molar refractivity (Wildman–Crippen MR) is 73.4 cm³/mol. The molecule has 0 aromatic carbocycles. The number of hydrogen-bond acceptors (Lipinski definition) is 4. The largest absolute Gasteiger partial charge is 0.327 e. The van der Waals surface area contributed by atoms with Crippen LogP contribution in [-0.2, 0) is 14.4 Å². The van der Waals surface area contributed by atoms with E-state index in [4.69, 9.17) is 5.73 Å². The van der Waals surface area contributed by atoms with Gasteiger partial charge in [-0.25, -0.2) is 0 Å². The first-order valence-electron chi connectivity index (χ1n) is 7.35. The zero-order valence-electron chi connectivity index (χ0n) is 12.1. The number of nitrogens with zero attached hydrogens (tertiary/aromatic N) is 1. The Hall–Kier alpha value is -1.43. The minimum absolute atomic E-state index is 0.0410. The maximum atomic E-state index is 12.7. The molecule has 3 amide bonds. The second-order valence-electron chi connectivity index (χ2n) is 5.89. The summed E-state index contributed by atoms with van der Waals surface area (Å²) in [4.78, 5) is 37.4. The Morgan fingerprint density at radius 3 is 2.75 bits per heavy atom. The Bertz CT molecular complexity index is 424. The minimum atomic E-state index is -0.551. The lowest BCUT2D eigenvalue weighted by molar-refractivity contribution is -0.153. The Balaban J connectivity index is 2.17. The number of carbonyl (C=O) groups is 3. The van der Waals surface area contributed by atoms with Crippen molar-refractivity contribution < 1.29 is 14.4 Å². The van der Waals surface area contributed by atoms with E-state index in [9.17, 15) is 14.4 Å². The van der Waals surface area contributed by atoms with Crippen LogP contribution in [-0.4, -0.2) is 41.2 Å². The van der Waals surface area contributed by atoms with Gasteiger partial charge >= 0.3 is 0 Å². The van der Waals surface area contributed by atoms with Gasteiger partial charge in [0, 0.05) is 6.04 Å². The van der Waals surface area contributed by atoms with Crippen molar-refractivity contribution in [2.75, 3.05) is 6.54 Å². The van der Waals surface area contributed by atoms with Gasteiger partial charge < -0.3 is 10.6 Å². The Morgan fingerprint density at radius 2 is 2.10 bits per heavy atom. The van der Waals surface area contributed by atoms with Crippen molar-refractivity contribution in [3.05, 3.63) is 0 Å². The van der Waals surface area contributed by atoms with Crippen LogP contribution < -0.4 is 11.1 Å². The van der Waals surface area contributed by atoms with Crippen LogP contribution >= 0.6 is 0 Å². The SMILES string of the molecule is CCC1C(=O)NC(=O)CN1C(=O)C1CCCC(C)C1N. The van der Waals surface area contributed by atoms with Gasteiger partial charge in [0.2, 0.25) is 17.7 Å². The maximum Gasteiger partial charge on any atom is 0.249 e. The van der Waals surface area contributed by atoms with Crippen molar-refractivity contribution in [3.8, 4) is 0 Å². The van der Waals surface area contributed by atoms with Crippen LogP contribution in [0.15, 0.2) is 0 Å². The summed E-state index contributed by atoms with van der Waals surface area (Å²) >= 11 is 0. The molecule has 1 saturated carbocycles. The van der Waals surface area contributed by atoms with Gasteiger partial charge in [-0.05, 0) is 25.2 Å². The van der Waals surface area contributed by atoms with Gasteiger partial charge in [0.15, 0.2) is 0 Å². The molecule has 0 radical (unpaired) electrons. The molecule has 112 valence electrons. The first-order valence-corrected chi connectivity index (χ1v) is 7.35. The molecule has 4 unspecified atom stereocenters. The highest BCUT2D eigenvalue weighted by atomic mass is 16.2. The highest BCUT2D eigenvalue weighted by molar-refractivity contribution is 6.04. The number of nitrogens with one attached hydrogen (secondary N) is 1. The fourth-order valence-electron chi connectivity index (χ4n) is 3.25. The number of hydrogen-bond donors (Lipinski definition) is 2. The van der Waals surface area contributed by atoms with Crippen LogP contribution in [0.1, 0.15) is 39.5 Å². The highest BCUT2D eigenvalue weighted by Crippen LogP contribution is 2.30. The van der Waals surface area contributed by atoms with Crippen LogP contribution in [0.3, 0.4) is 0 Å². The molecule has 0 bridgehead atoms. The molecule has 1 saturated heterocycles. The minimum Gasteiger partial charge on any atom is -0.327 e. The summed E-state index contributed by atoms with van der Waals surface area (Å²) < 4.78 is 0. The summed E-state index contributed by atoms with van der Waals surface area (Å²) in [6.45, 7) is 3.85. The van der Waals surface area contributed by atoms with Crippen molar-refractivity contribution in [2.24, 2.45) is 17.6 Å². The Kier molecular flexibility index (Phi) is 4.42. The lowest BCUT2D eigenvalue weighted by Crippen LogP contribution is -2.62. The first kappa shape index (κ1) is 15.0. The molecular weight excluding hydrogens is 258 g/mol. The quantitative estimate of drug-likeness (QED) is 0.698. The molecule has 0 aromatic rings. The average molecular weight is 281 g/mol. The van der Waals surface area contributed by atoms with E-state index in [1.54, 1.807) is 0 Å². The Labute approximate surface area is 119 Å². The molecule has 4 atom stereocenters. The van der Waals surface area contributed by atoms with Crippen LogP contribution in [0.25, 0.3) is 0 Å². The molecule has 1 aliphatic heterocycles. The van der Waals surface area contributed by atoms with E-state index < -0.39 is 11.9 Å². The zero-order valence-corrected chi connectivity index (χ0v) is 12.1. The third-order valence-electron chi connectivity index (χ3n) is 4.54. The van der Waals surface area contributed by atoms with Gasteiger partial charge in [-0.15, -0.1) is 0 Å². The molecule has 2 rings (SSSR count). The highest BCUT2D eigenvalue weighted by Gasteiger charge is 2.41. The summed E-state index contributed by atoms with van der Waals surface area (Å²) in [5.74, 6) is -0.905. The lowest BCUT2D eigenvalue weighted by Gasteiger charge is -2.40. The van der Waals surface area contributed by atoms with Crippen molar-refractivity contribution in [3.63, 3.8) is 0 Å². The normalized spacial score (nSPS) is 34.9. The number of piperazine rings is 1. The fourth-order valence-corrected chi connectivity index (χ4v) is 3.25. The van der Waals surface area contributed by atoms with E-state index in [0.717, 1.165) is 19.3 Å². The molecule has 1 heterocycles. The molecule has 2 fully saturated rings. The van der Waals surface area contributed by atoms with E-state index in [1.165, 1.54) is 4.90 Å². The van der Waals surface area contributed by atoms with Crippen LogP contribution in [0.5, 0.6) is 0 Å². The molecule has 0 aromatic heterocycles. The van der Waals surface area contributed by atoms with E-state index in [-0.39, 0.29) is 30.3 Å². The topological polar surface area (TPSA) is 92.5 Å². The van der Waals surface area contributed by atoms with Gasteiger partial charge in [-0.3, -0.25) is 19.7 Å². The van der Waals surface area contributed by atoms with Gasteiger partial charge in [0.05, 0.1) is 5.92 Å². The number of amides is 3. The van der Waals surface area contributed by atoms with E-state index >= 15 is 0 Å². The molecule has 1 aliphatic carbocycles. The zero-order chi connectivity index (χ0) is 14.9. The molecule has 6 nitrogen and oxygen atoms in total. The number of carbonyl (C=O) groups excluding carboxylic acids is 3. The lowest BCUT2D eigenvalue weighted by atomic mass is 9.77. The first-order chi connectivity index (χ1) is 9.45.